The molecule has 2 rings (SSSR count). The zero-order valence-electron chi connectivity index (χ0n) is 11.1. The van der Waals surface area contributed by atoms with Gasteiger partial charge >= 0.3 is 5.97 Å². The number of anilines is 1. The van der Waals surface area contributed by atoms with Crippen LogP contribution in [0.4, 0.5) is 5.69 Å². The Hall–Kier alpha value is -2.37. The van der Waals surface area contributed by atoms with Gasteiger partial charge in [0.1, 0.15) is 6.04 Å². The number of hydrogen-bond acceptors (Lipinski definition) is 3. The molecule has 0 bridgehead atoms. The molecule has 0 saturated carbocycles. The van der Waals surface area contributed by atoms with Crippen LogP contribution in [-0.4, -0.2) is 28.9 Å². The molecule has 2 atom stereocenters. The molecule has 0 saturated heterocycles. The molecule has 20 heavy (non-hydrogen) atoms. The van der Waals surface area contributed by atoms with Crippen molar-refractivity contribution in [3.63, 3.8) is 0 Å². The predicted octanol–water partition coefficient (Wildman–Crippen LogP) is 1.09. The Morgan fingerprint density at radius 1 is 1.45 bits per heavy atom. The minimum atomic E-state index is -1.07. The summed E-state index contributed by atoms with van der Waals surface area (Å²) in [6, 6.07) is 6.11. The number of aliphatic carboxylic acids is 1. The topological polar surface area (TPSA) is 95.5 Å². The Bertz CT molecular complexity index is 556. The van der Waals surface area contributed by atoms with E-state index in [0.29, 0.717) is 17.7 Å². The van der Waals surface area contributed by atoms with Crippen LogP contribution in [0.1, 0.15) is 31.2 Å². The summed E-state index contributed by atoms with van der Waals surface area (Å²) < 4.78 is 0. The molecule has 1 heterocycles. The lowest BCUT2D eigenvalue weighted by Crippen LogP contribution is -2.44. The Balaban J connectivity index is 2.22. The summed E-state index contributed by atoms with van der Waals surface area (Å²) in [5, 5.41) is 14.2. The smallest absolute Gasteiger partial charge is 0.326 e. The molecular weight excluding hydrogens is 260 g/mol. The van der Waals surface area contributed by atoms with Crippen LogP contribution in [0.5, 0.6) is 0 Å². The third-order valence-electron chi connectivity index (χ3n) is 3.34. The Morgan fingerprint density at radius 2 is 2.15 bits per heavy atom. The molecule has 0 spiro atoms. The van der Waals surface area contributed by atoms with Crippen molar-refractivity contribution in [3.8, 4) is 0 Å². The molecule has 0 fully saturated rings. The predicted molar refractivity (Wildman–Crippen MR) is 72.3 cm³/mol. The Kier molecular flexibility index (Phi) is 4.02. The van der Waals surface area contributed by atoms with E-state index >= 15 is 0 Å². The van der Waals surface area contributed by atoms with E-state index in [2.05, 4.69) is 10.6 Å². The number of fused-ring (bicyclic) bond motifs is 1. The number of carboxylic acids is 1. The molecule has 106 valence electrons. The third kappa shape index (κ3) is 2.79. The van der Waals surface area contributed by atoms with Gasteiger partial charge in [-0.3, -0.25) is 9.59 Å². The number of carbonyl (C=O) groups is 3. The van der Waals surface area contributed by atoms with Gasteiger partial charge in [-0.1, -0.05) is 25.1 Å². The number of benzene rings is 1. The van der Waals surface area contributed by atoms with Crippen molar-refractivity contribution < 1.29 is 19.5 Å². The zero-order chi connectivity index (χ0) is 14.7. The van der Waals surface area contributed by atoms with Gasteiger partial charge in [-0.25, -0.2) is 4.79 Å². The Morgan fingerprint density at radius 3 is 2.80 bits per heavy atom. The van der Waals surface area contributed by atoms with Gasteiger partial charge in [0.2, 0.25) is 11.8 Å². The molecule has 0 radical (unpaired) electrons. The van der Waals surface area contributed by atoms with Crippen molar-refractivity contribution in [1.82, 2.24) is 5.32 Å². The van der Waals surface area contributed by atoms with Crippen LogP contribution in [-0.2, 0) is 14.4 Å². The van der Waals surface area contributed by atoms with Crippen LogP contribution in [0.2, 0.25) is 0 Å². The van der Waals surface area contributed by atoms with E-state index in [9.17, 15) is 14.4 Å². The van der Waals surface area contributed by atoms with E-state index in [1.165, 1.54) is 0 Å². The third-order valence-corrected chi connectivity index (χ3v) is 3.34. The van der Waals surface area contributed by atoms with Gasteiger partial charge in [0, 0.05) is 12.1 Å². The molecule has 1 aliphatic rings. The maximum absolute atomic E-state index is 12.2. The molecule has 1 aromatic rings. The lowest BCUT2D eigenvalue weighted by molar-refractivity contribution is -0.142. The second-order valence-corrected chi connectivity index (χ2v) is 4.70. The second kappa shape index (κ2) is 5.73. The normalized spacial score (nSPS) is 18.6. The average molecular weight is 276 g/mol. The van der Waals surface area contributed by atoms with Gasteiger partial charge in [-0.15, -0.1) is 0 Å². The fourth-order valence-electron chi connectivity index (χ4n) is 2.26. The summed E-state index contributed by atoms with van der Waals surface area (Å²) in [5.74, 6) is -2.39. The molecule has 1 aliphatic heterocycles. The van der Waals surface area contributed by atoms with Gasteiger partial charge in [0.25, 0.3) is 0 Å². The highest BCUT2D eigenvalue weighted by atomic mass is 16.4. The second-order valence-electron chi connectivity index (χ2n) is 4.70. The highest BCUT2D eigenvalue weighted by Crippen LogP contribution is 2.32. The summed E-state index contributed by atoms with van der Waals surface area (Å²) in [6.45, 7) is 1.68. The van der Waals surface area contributed by atoms with E-state index in [1.807, 2.05) is 0 Å². The first-order chi connectivity index (χ1) is 9.52. The van der Waals surface area contributed by atoms with Gasteiger partial charge < -0.3 is 15.7 Å². The van der Waals surface area contributed by atoms with Crippen molar-refractivity contribution in [2.45, 2.75) is 31.7 Å². The number of amides is 2. The monoisotopic (exact) mass is 276 g/mol. The SMILES string of the molecule is CCC(NC(=O)C1CC(=O)Nc2ccccc21)C(=O)O. The first-order valence-corrected chi connectivity index (χ1v) is 6.45. The average Bonchev–Trinajstić information content (AvgIpc) is 2.43. The number of para-hydroxylation sites is 1. The molecule has 6 nitrogen and oxygen atoms in total. The summed E-state index contributed by atoms with van der Waals surface area (Å²) in [4.78, 5) is 34.8. The van der Waals surface area contributed by atoms with Crippen LogP contribution < -0.4 is 10.6 Å². The van der Waals surface area contributed by atoms with Crippen LogP contribution in [0.3, 0.4) is 0 Å². The quantitative estimate of drug-likeness (QED) is 0.767. The number of carboxylic acid groups (broad SMARTS) is 1. The first-order valence-electron chi connectivity index (χ1n) is 6.45. The molecule has 2 amide bonds. The lowest BCUT2D eigenvalue weighted by atomic mass is 9.89. The zero-order valence-corrected chi connectivity index (χ0v) is 11.1. The highest BCUT2D eigenvalue weighted by molar-refractivity contribution is 6.01. The van der Waals surface area contributed by atoms with Crippen molar-refractivity contribution >= 4 is 23.5 Å². The van der Waals surface area contributed by atoms with Crippen molar-refractivity contribution in [2.75, 3.05) is 5.32 Å². The lowest BCUT2D eigenvalue weighted by Gasteiger charge is -2.25. The minimum absolute atomic E-state index is 0.0267. The van der Waals surface area contributed by atoms with Gasteiger partial charge in [0.05, 0.1) is 5.92 Å². The first kappa shape index (κ1) is 14.0. The largest absolute Gasteiger partial charge is 0.480 e. The number of hydrogen-bond donors (Lipinski definition) is 3. The molecule has 3 N–H and O–H groups in total. The maximum atomic E-state index is 12.2. The fourth-order valence-corrected chi connectivity index (χ4v) is 2.26. The van der Waals surface area contributed by atoms with Crippen LogP contribution in [0.25, 0.3) is 0 Å². The van der Waals surface area contributed by atoms with E-state index in [4.69, 9.17) is 5.11 Å². The summed E-state index contributed by atoms with van der Waals surface area (Å²) in [5.41, 5.74) is 1.32. The van der Waals surface area contributed by atoms with Crippen molar-refractivity contribution in [2.24, 2.45) is 0 Å². The molecular formula is C14H16N2O4. The summed E-state index contributed by atoms with van der Waals surface area (Å²) in [6.07, 6.45) is 0.320. The molecule has 0 aromatic heterocycles. The number of nitrogens with one attached hydrogen (secondary N) is 2. The van der Waals surface area contributed by atoms with Crippen molar-refractivity contribution in [3.05, 3.63) is 29.8 Å². The maximum Gasteiger partial charge on any atom is 0.326 e. The number of carbonyl (C=O) groups excluding carboxylic acids is 2. The van der Waals surface area contributed by atoms with E-state index < -0.39 is 23.8 Å². The Labute approximate surface area is 116 Å². The standard InChI is InChI=1S/C14H16N2O4/c1-2-10(14(19)20)16-13(18)9-7-12(17)15-11-6-4-3-5-8(9)11/h3-6,9-10H,2,7H2,1H3,(H,15,17)(H,16,18)(H,19,20). The van der Waals surface area contributed by atoms with Crippen LogP contribution in [0.15, 0.2) is 24.3 Å². The van der Waals surface area contributed by atoms with Gasteiger partial charge in [0.15, 0.2) is 0 Å². The van der Waals surface area contributed by atoms with E-state index in [-0.39, 0.29) is 12.3 Å². The minimum Gasteiger partial charge on any atom is -0.480 e. The highest BCUT2D eigenvalue weighted by Gasteiger charge is 2.32. The fraction of sp³-hybridized carbons (Fsp3) is 0.357. The molecule has 6 heteroatoms. The van der Waals surface area contributed by atoms with Crippen LogP contribution in [0, 0.1) is 0 Å². The van der Waals surface area contributed by atoms with Gasteiger partial charge in [-0.05, 0) is 18.1 Å². The van der Waals surface area contributed by atoms with Crippen LogP contribution >= 0.6 is 0 Å². The van der Waals surface area contributed by atoms with Crippen molar-refractivity contribution in [1.29, 1.82) is 0 Å². The molecule has 2 unspecified atom stereocenters. The van der Waals surface area contributed by atoms with E-state index in [1.54, 1.807) is 31.2 Å². The van der Waals surface area contributed by atoms with Gasteiger partial charge in [-0.2, -0.15) is 0 Å². The van der Waals surface area contributed by atoms with E-state index in [0.717, 1.165) is 0 Å². The molecule has 1 aromatic carbocycles. The summed E-state index contributed by atoms with van der Waals surface area (Å²) in [7, 11) is 0. The molecule has 0 aliphatic carbocycles. The summed E-state index contributed by atoms with van der Waals surface area (Å²) >= 11 is 0. The number of rotatable bonds is 4.